The van der Waals surface area contributed by atoms with Crippen molar-refractivity contribution < 1.29 is 14.3 Å². The Morgan fingerprint density at radius 2 is 1.57 bits per heavy atom. The van der Waals surface area contributed by atoms with Gasteiger partial charge in [-0.15, -0.1) is 23.7 Å². The van der Waals surface area contributed by atoms with Crippen LogP contribution in [0.1, 0.15) is 43.6 Å². The molecule has 37 heavy (non-hydrogen) atoms. The van der Waals surface area contributed by atoms with Crippen LogP contribution in [-0.4, -0.2) is 29.9 Å². The molecule has 0 unspecified atom stereocenters. The Kier molecular flexibility index (Phi) is 8.77. The lowest BCUT2D eigenvalue weighted by Crippen LogP contribution is -2.29. The molecule has 1 amide bonds. The molecule has 0 saturated heterocycles. The van der Waals surface area contributed by atoms with Crippen molar-refractivity contribution in [3.63, 3.8) is 0 Å². The maximum atomic E-state index is 13.1. The lowest BCUT2D eigenvalue weighted by molar-refractivity contribution is 0.0526. The predicted molar refractivity (Wildman–Crippen MR) is 152 cm³/mol. The number of hydrogen-bond acceptors (Lipinski definition) is 5. The zero-order valence-corrected chi connectivity index (χ0v) is 22.2. The molecule has 1 aliphatic rings. The third kappa shape index (κ3) is 6.10. The van der Waals surface area contributed by atoms with E-state index in [4.69, 9.17) is 4.74 Å². The van der Waals surface area contributed by atoms with E-state index in [1.54, 1.807) is 6.92 Å². The monoisotopic (exact) mass is 532 g/mol. The number of halogens is 1. The van der Waals surface area contributed by atoms with Crippen molar-refractivity contribution in [3.8, 4) is 11.1 Å². The maximum Gasteiger partial charge on any atom is 0.341 e. The number of thiophene rings is 1. The fourth-order valence-corrected chi connectivity index (χ4v) is 5.83. The minimum atomic E-state index is -0.374. The van der Waals surface area contributed by atoms with Gasteiger partial charge in [0.2, 0.25) is 0 Å². The van der Waals surface area contributed by atoms with E-state index in [-0.39, 0.29) is 30.9 Å². The standard InChI is InChI=1S/C30H28N2O3S.ClH/c1-2-35-30(34)27-25-17-18-32(19-21-9-5-3-6-10-21)20-26(25)36-29(27)31-28(33)24-15-13-23(14-16-24)22-11-7-4-8-12-22;/h3-16H,2,17-20H2,1H3,(H,31,33);1H. The van der Waals surface area contributed by atoms with Gasteiger partial charge in [-0.05, 0) is 47.7 Å². The van der Waals surface area contributed by atoms with Crippen molar-refractivity contribution in [1.29, 1.82) is 0 Å². The summed E-state index contributed by atoms with van der Waals surface area (Å²) in [6.07, 6.45) is 0.745. The van der Waals surface area contributed by atoms with Gasteiger partial charge in [0.1, 0.15) is 5.00 Å². The van der Waals surface area contributed by atoms with Gasteiger partial charge in [0, 0.05) is 30.1 Å². The van der Waals surface area contributed by atoms with Crippen molar-refractivity contribution in [2.24, 2.45) is 0 Å². The van der Waals surface area contributed by atoms with Gasteiger partial charge in [-0.25, -0.2) is 4.79 Å². The van der Waals surface area contributed by atoms with Gasteiger partial charge in [0.15, 0.2) is 0 Å². The van der Waals surface area contributed by atoms with Crippen molar-refractivity contribution >= 4 is 40.6 Å². The van der Waals surface area contributed by atoms with Crippen LogP contribution in [0.5, 0.6) is 0 Å². The molecule has 7 heteroatoms. The van der Waals surface area contributed by atoms with Gasteiger partial charge in [-0.3, -0.25) is 9.69 Å². The van der Waals surface area contributed by atoms with Gasteiger partial charge in [-0.1, -0.05) is 72.8 Å². The molecule has 3 aromatic carbocycles. The normalized spacial score (nSPS) is 12.8. The highest BCUT2D eigenvalue weighted by Crippen LogP contribution is 2.38. The summed E-state index contributed by atoms with van der Waals surface area (Å²) < 4.78 is 5.37. The highest BCUT2D eigenvalue weighted by molar-refractivity contribution is 7.17. The van der Waals surface area contributed by atoms with Crippen LogP contribution >= 0.6 is 23.7 Å². The third-order valence-electron chi connectivity index (χ3n) is 6.35. The van der Waals surface area contributed by atoms with E-state index >= 15 is 0 Å². The Hall–Kier alpha value is -3.45. The molecule has 1 aromatic heterocycles. The number of rotatable bonds is 7. The summed E-state index contributed by atoms with van der Waals surface area (Å²) in [6, 6.07) is 27.9. The Morgan fingerprint density at radius 3 is 2.24 bits per heavy atom. The van der Waals surface area contributed by atoms with E-state index in [9.17, 15) is 9.59 Å². The second-order valence-corrected chi connectivity index (χ2v) is 9.88. The van der Waals surface area contributed by atoms with Gasteiger partial charge in [0.05, 0.1) is 12.2 Å². The number of anilines is 1. The number of ether oxygens (including phenoxy) is 1. The van der Waals surface area contributed by atoms with Crippen molar-refractivity contribution in [2.75, 3.05) is 18.5 Å². The fourth-order valence-electron chi connectivity index (χ4n) is 4.56. The van der Waals surface area contributed by atoms with Crippen molar-refractivity contribution in [1.82, 2.24) is 4.90 Å². The number of carbonyl (C=O) groups is 2. The van der Waals surface area contributed by atoms with E-state index in [2.05, 4.69) is 34.5 Å². The van der Waals surface area contributed by atoms with E-state index < -0.39 is 0 Å². The topological polar surface area (TPSA) is 58.6 Å². The second-order valence-electron chi connectivity index (χ2n) is 8.77. The summed E-state index contributed by atoms with van der Waals surface area (Å²) in [7, 11) is 0. The molecule has 0 atom stereocenters. The summed E-state index contributed by atoms with van der Waals surface area (Å²) in [5.41, 5.74) is 5.45. The quantitative estimate of drug-likeness (QED) is 0.265. The van der Waals surface area contributed by atoms with Crippen LogP contribution in [0.3, 0.4) is 0 Å². The second kappa shape index (κ2) is 12.2. The number of carbonyl (C=O) groups excluding carboxylic acids is 2. The van der Waals surface area contributed by atoms with E-state index in [0.717, 1.165) is 47.6 Å². The van der Waals surface area contributed by atoms with Crippen LogP contribution in [0.2, 0.25) is 0 Å². The number of benzene rings is 3. The predicted octanol–water partition coefficient (Wildman–Crippen LogP) is 6.82. The molecule has 4 aromatic rings. The van der Waals surface area contributed by atoms with E-state index in [1.165, 1.54) is 16.9 Å². The molecular formula is C30H29ClN2O3S. The number of esters is 1. The Bertz CT molecular complexity index is 1360. The highest BCUT2D eigenvalue weighted by atomic mass is 35.5. The van der Waals surface area contributed by atoms with Crippen LogP contribution in [0.4, 0.5) is 5.00 Å². The first-order chi connectivity index (χ1) is 17.6. The van der Waals surface area contributed by atoms with Gasteiger partial charge >= 0.3 is 5.97 Å². The Morgan fingerprint density at radius 1 is 0.919 bits per heavy atom. The molecule has 190 valence electrons. The van der Waals surface area contributed by atoms with Gasteiger partial charge in [-0.2, -0.15) is 0 Å². The largest absolute Gasteiger partial charge is 0.462 e. The van der Waals surface area contributed by atoms with Crippen molar-refractivity contribution in [2.45, 2.75) is 26.4 Å². The Balaban J connectivity index is 0.00000320. The van der Waals surface area contributed by atoms with E-state index in [0.29, 0.717) is 16.1 Å². The first kappa shape index (κ1) is 26.6. The maximum absolute atomic E-state index is 13.1. The minimum absolute atomic E-state index is 0. The smallest absolute Gasteiger partial charge is 0.341 e. The summed E-state index contributed by atoms with van der Waals surface area (Å²) in [5.74, 6) is -0.610. The average molecular weight is 533 g/mol. The number of hydrogen-bond donors (Lipinski definition) is 1. The molecule has 1 aliphatic heterocycles. The summed E-state index contributed by atoms with van der Waals surface area (Å²) in [6.45, 7) is 4.52. The van der Waals surface area contributed by atoms with E-state index in [1.807, 2.05) is 60.7 Å². The lowest BCUT2D eigenvalue weighted by Gasteiger charge is -2.27. The molecule has 5 rings (SSSR count). The highest BCUT2D eigenvalue weighted by Gasteiger charge is 2.29. The van der Waals surface area contributed by atoms with Crippen LogP contribution in [0.25, 0.3) is 11.1 Å². The number of fused-ring (bicyclic) bond motifs is 1. The molecule has 0 bridgehead atoms. The zero-order valence-electron chi connectivity index (χ0n) is 20.6. The summed E-state index contributed by atoms with van der Waals surface area (Å²) in [4.78, 5) is 29.5. The molecule has 0 saturated carbocycles. The third-order valence-corrected chi connectivity index (χ3v) is 7.48. The minimum Gasteiger partial charge on any atom is -0.462 e. The van der Waals surface area contributed by atoms with Crippen LogP contribution < -0.4 is 5.32 Å². The van der Waals surface area contributed by atoms with Crippen LogP contribution in [-0.2, 0) is 24.2 Å². The van der Waals surface area contributed by atoms with Crippen LogP contribution in [0.15, 0.2) is 84.9 Å². The Labute approximate surface area is 227 Å². The molecule has 0 fully saturated rings. The molecule has 0 radical (unpaired) electrons. The summed E-state index contributed by atoms with van der Waals surface area (Å²) in [5, 5.41) is 3.57. The number of nitrogens with one attached hydrogen (secondary N) is 1. The molecule has 2 heterocycles. The first-order valence-corrected chi connectivity index (χ1v) is 13.0. The van der Waals surface area contributed by atoms with Crippen LogP contribution in [0, 0.1) is 0 Å². The molecule has 0 spiro atoms. The SMILES string of the molecule is CCOC(=O)c1c(NC(=O)c2ccc(-c3ccccc3)cc2)sc2c1CCN(Cc1ccccc1)C2.Cl. The average Bonchev–Trinajstić information content (AvgIpc) is 3.27. The molecule has 1 N–H and O–H groups in total. The van der Waals surface area contributed by atoms with Gasteiger partial charge in [0.25, 0.3) is 5.91 Å². The fraction of sp³-hybridized carbons (Fsp3) is 0.200. The number of nitrogens with zero attached hydrogens (tertiary/aromatic N) is 1. The first-order valence-electron chi connectivity index (χ1n) is 12.2. The van der Waals surface area contributed by atoms with Crippen molar-refractivity contribution in [3.05, 3.63) is 112 Å². The molecular weight excluding hydrogens is 504 g/mol. The molecule has 5 nitrogen and oxygen atoms in total. The lowest BCUT2D eigenvalue weighted by atomic mass is 10.0. The summed E-state index contributed by atoms with van der Waals surface area (Å²) >= 11 is 1.48. The number of amides is 1. The van der Waals surface area contributed by atoms with Gasteiger partial charge < -0.3 is 10.1 Å². The zero-order chi connectivity index (χ0) is 24.9. The molecule has 0 aliphatic carbocycles.